The molecule has 3 rings (SSSR count). The quantitative estimate of drug-likeness (QED) is 0.356. The topological polar surface area (TPSA) is 41.1 Å². The fourth-order valence-corrected chi connectivity index (χ4v) is 3.30. The number of hydrogen-bond donors (Lipinski definition) is 2. The Hall–Kier alpha value is -2.20. The maximum Gasteiger partial charge on any atom is 0.418 e. The predicted octanol–water partition coefficient (Wildman–Crippen LogP) is 5.59. The van der Waals surface area contributed by atoms with Gasteiger partial charge in [0.25, 0.3) is 5.91 Å². The molecule has 0 aliphatic heterocycles. The molecule has 3 aromatic rings. The van der Waals surface area contributed by atoms with E-state index in [4.69, 9.17) is 12.2 Å². The minimum atomic E-state index is -4.54. The Balaban J connectivity index is 1.81. The van der Waals surface area contributed by atoms with Gasteiger partial charge in [0, 0.05) is 9.13 Å². The molecule has 0 atom stereocenters. The Kier molecular flexibility index (Phi) is 5.66. The van der Waals surface area contributed by atoms with E-state index in [0.29, 0.717) is 9.13 Å². The van der Waals surface area contributed by atoms with Gasteiger partial charge < -0.3 is 5.32 Å². The van der Waals surface area contributed by atoms with Crippen molar-refractivity contribution in [2.75, 3.05) is 5.32 Å². The number of hydrogen-bond acceptors (Lipinski definition) is 2. The van der Waals surface area contributed by atoms with Crippen molar-refractivity contribution in [1.82, 2.24) is 5.32 Å². The number of carbonyl (C=O) groups excluding carboxylic acids is 1. The normalized spacial score (nSPS) is 11.3. The highest BCUT2D eigenvalue weighted by Gasteiger charge is 2.34. The molecule has 1 amide bonds. The van der Waals surface area contributed by atoms with Crippen LogP contribution in [0, 0.1) is 3.57 Å². The lowest BCUT2D eigenvalue weighted by molar-refractivity contribution is -0.137. The molecule has 3 aromatic carbocycles. The van der Waals surface area contributed by atoms with Crippen LogP contribution in [-0.2, 0) is 6.18 Å². The molecule has 0 saturated heterocycles. The Labute approximate surface area is 172 Å². The number of alkyl halides is 3. The van der Waals surface area contributed by atoms with Gasteiger partial charge in [-0.3, -0.25) is 10.1 Å². The minimum absolute atomic E-state index is 0.209. The minimum Gasteiger partial charge on any atom is -0.332 e. The maximum atomic E-state index is 13.2. The van der Waals surface area contributed by atoms with E-state index in [1.807, 2.05) is 18.2 Å². The second-order valence-electron chi connectivity index (χ2n) is 5.62. The van der Waals surface area contributed by atoms with Gasteiger partial charge in [0.15, 0.2) is 5.11 Å². The van der Waals surface area contributed by atoms with Crippen molar-refractivity contribution < 1.29 is 18.0 Å². The lowest BCUT2D eigenvalue weighted by Gasteiger charge is -2.16. The first-order valence-corrected chi connectivity index (χ1v) is 9.21. The summed E-state index contributed by atoms with van der Waals surface area (Å²) >= 11 is 6.84. The van der Waals surface area contributed by atoms with Crippen molar-refractivity contribution in [1.29, 1.82) is 0 Å². The largest absolute Gasteiger partial charge is 0.418 e. The Bertz CT molecular complexity index is 1030. The van der Waals surface area contributed by atoms with Crippen molar-refractivity contribution in [2.45, 2.75) is 6.18 Å². The van der Waals surface area contributed by atoms with Gasteiger partial charge in [0.1, 0.15) is 0 Å². The highest BCUT2D eigenvalue weighted by Crippen LogP contribution is 2.35. The van der Waals surface area contributed by atoms with Crippen LogP contribution in [-0.4, -0.2) is 11.0 Å². The maximum absolute atomic E-state index is 13.2. The third-order valence-corrected chi connectivity index (χ3v) is 4.67. The predicted molar refractivity (Wildman–Crippen MR) is 112 cm³/mol. The summed E-state index contributed by atoms with van der Waals surface area (Å²) in [5, 5.41) is 6.31. The van der Waals surface area contributed by atoms with Crippen LogP contribution in [0.3, 0.4) is 0 Å². The van der Waals surface area contributed by atoms with Gasteiger partial charge >= 0.3 is 6.18 Å². The highest BCUT2D eigenvalue weighted by atomic mass is 127. The molecule has 0 spiro atoms. The molecule has 0 saturated carbocycles. The van der Waals surface area contributed by atoms with Crippen LogP contribution in [0.5, 0.6) is 0 Å². The number of halogens is 4. The van der Waals surface area contributed by atoms with E-state index in [1.54, 1.807) is 46.9 Å². The third kappa shape index (κ3) is 4.56. The molecular formula is C19H12F3IN2OS. The van der Waals surface area contributed by atoms with Gasteiger partial charge in [-0.25, -0.2) is 0 Å². The first-order valence-electron chi connectivity index (χ1n) is 7.72. The molecule has 3 nitrogen and oxygen atoms in total. The van der Waals surface area contributed by atoms with Gasteiger partial charge in [-0.2, -0.15) is 13.2 Å². The summed E-state index contributed by atoms with van der Waals surface area (Å²) in [7, 11) is 0. The first-order chi connectivity index (χ1) is 12.8. The molecule has 27 heavy (non-hydrogen) atoms. The van der Waals surface area contributed by atoms with Crippen molar-refractivity contribution >= 4 is 62.3 Å². The summed E-state index contributed by atoms with van der Waals surface area (Å²) in [4.78, 5) is 12.5. The van der Waals surface area contributed by atoms with Gasteiger partial charge in [-0.1, -0.05) is 36.4 Å². The van der Waals surface area contributed by atoms with Crippen LogP contribution < -0.4 is 10.6 Å². The van der Waals surface area contributed by atoms with E-state index in [2.05, 4.69) is 10.6 Å². The lowest BCUT2D eigenvalue weighted by Crippen LogP contribution is -2.34. The Morgan fingerprint density at radius 2 is 1.70 bits per heavy atom. The zero-order valence-electron chi connectivity index (χ0n) is 13.6. The third-order valence-electron chi connectivity index (χ3n) is 3.80. The van der Waals surface area contributed by atoms with Crippen LogP contribution >= 0.6 is 34.8 Å². The standard InChI is InChI=1S/C19H12F3IN2OS/c20-19(21,22)15-10-12(23)8-9-16(15)24-18(27)25-17(26)14-7-3-5-11-4-1-2-6-13(11)14/h1-10H,(H2,24,25,26,27). The molecule has 2 N–H and O–H groups in total. The number of thiocarbonyl (C=S) groups is 1. The second-order valence-corrected chi connectivity index (χ2v) is 7.28. The van der Waals surface area contributed by atoms with Crippen LogP contribution in [0.15, 0.2) is 60.7 Å². The van der Waals surface area contributed by atoms with Crippen LogP contribution in [0.4, 0.5) is 18.9 Å². The monoisotopic (exact) mass is 500 g/mol. The van der Waals surface area contributed by atoms with Crippen molar-refractivity contribution in [2.24, 2.45) is 0 Å². The summed E-state index contributed by atoms with van der Waals surface area (Å²) in [6.45, 7) is 0. The number of benzene rings is 3. The molecule has 0 radical (unpaired) electrons. The van der Waals surface area contributed by atoms with E-state index in [9.17, 15) is 18.0 Å². The fourth-order valence-electron chi connectivity index (χ4n) is 2.61. The van der Waals surface area contributed by atoms with E-state index in [0.717, 1.165) is 16.8 Å². The van der Waals surface area contributed by atoms with E-state index >= 15 is 0 Å². The number of fused-ring (bicyclic) bond motifs is 1. The second kappa shape index (κ2) is 7.81. The average molecular weight is 500 g/mol. The zero-order valence-corrected chi connectivity index (χ0v) is 16.6. The molecule has 8 heteroatoms. The van der Waals surface area contributed by atoms with Crippen molar-refractivity contribution in [3.8, 4) is 0 Å². The fraction of sp³-hybridized carbons (Fsp3) is 0.0526. The van der Waals surface area contributed by atoms with Crippen LogP contribution in [0.1, 0.15) is 15.9 Å². The molecule has 138 valence electrons. The van der Waals surface area contributed by atoms with Gasteiger partial charge in [0.2, 0.25) is 0 Å². The van der Waals surface area contributed by atoms with Crippen molar-refractivity contribution in [3.05, 3.63) is 75.4 Å². The summed E-state index contributed by atoms with van der Waals surface area (Å²) in [5.41, 5.74) is -0.682. The Morgan fingerprint density at radius 1 is 1.00 bits per heavy atom. The number of carbonyl (C=O) groups is 1. The van der Waals surface area contributed by atoms with E-state index in [-0.39, 0.29) is 10.8 Å². The summed E-state index contributed by atoms with van der Waals surface area (Å²) in [6.07, 6.45) is -4.54. The zero-order chi connectivity index (χ0) is 19.6. The number of anilines is 1. The molecule has 0 aromatic heterocycles. The summed E-state index contributed by atoms with van der Waals surface area (Å²) in [6, 6.07) is 16.4. The van der Waals surface area contributed by atoms with Gasteiger partial charge in [-0.15, -0.1) is 0 Å². The molecule has 0 bridgehead atoms. The number of rotatable bonds is 2. The molecule has 0 fully saturated rings. The highest BCUT2D eigenvalue weighted by molar-refractivity contribution is 14.1. The Morgan fingerprint density at radius 3 is 2.44 bits per heavy atom. The lowest BCUT2D eigenvalue weighted by atomic mass is 10.0. The molecule has 0 aliphatic carbocycles. The van der Waals surface area contributed by atoms with Gasteiger partial charge in [0.05, 0.1) is 11.3 Å². The summed E-state index contributed by atoms with van der Waals surface area (Å²) < 4.78 is 40.1. The number of amides is 1. The SMILES string of the molecule is O=C(NC(=S)Nc1ccc(I)cc1C(F)(F)F)c1cccc2ccccc12. The molecular weight excluding hydrogens is 488 g/mol. The van der Waals surface area contributed by atoms with E-state index in [1.165, 1.54) is 12.1 Å². The molecule has 0 heterocycles. The molecule has 0 aliphatic rings. The smallest absolute Gasteiger partial charge is 0.332 e. The van der Waals surface area contributed by atoms with Crippen LogP contribution in [0.25, 0.3) is 10.8 Å². The van der Waals surface area contributed by atoms with Crippen molar-refractivity contribution in [3.63, 3.8) is 0 Å². The molecule has 0 unspecified atom stereocenters. The average Bonchev–Trinajstić information content (AvgIpc) is 2.61. The number of nitrogens with one attached hydrogen (secondary N) is 2. The first kappa shape index (κ1) is 19.6. The summed E-state index contributed by atoms with van der Waals surface area (Å²) in [5.74, 6) is -0.497. The van der Waals surface area contributed by atoms with E-state index < -0.39 is 17.6 Å². The van der Waals surface area contributed by atoms with Gasteiger partial charge in [-0.05, 0) is 69.8 Å². The van der Waals surface area contributed by atoms with Crippen LogP contribution in [0.2, 0.25) is 0 Å².